The first-order valence-corrected chi connectivity index (χ1v) is 13.2. The summed E-state index contributed by atoms with van der Waals surface area (Å²) in [5, 5.41) is 11.3. The lowest BCUT2D eigenvalue weighted by atomic mass is 10.0. The number of carbonyl (C=O) groups is 2. The third-order valence-electron chi connectivity index (χ3n) is 5.86. The van der Waals surface area contributed by atoms with Crippen LogP contribution in [0.2, 0.25) is 0 Å². The van der Waals surface area contributed by atoms with Crippen molar-refractivity contribution in [1.82, 2.24) is 20.4 Å². The first-order chi connectivity index (χ1) is 16.5. The lowest BCUT2D eigenvalue weighted by Crippen LogP contribution is -2.26. The minimum atomic E-state index is -0.167. The van der Waals surface area contributed by atoms with Crippen LogP contribution < -0.4 is 14.9 Å². The summed E-state index contributed by atoms with van der Waals surface area (Å²) < 4.78 is 4.95. The zero-order valence-corrected chi connectivity index (χ0v) is 22.7. The second-order valence-corrected chi connectivity index (χ2v) is 9.87. The van der Waals surface area contributed by atoms with E-state index in [1.807, 2.05) is 24.3 Å². The molecule has 2 aromatic carbocycles. The summed E-state index contributed by atoms with van der Waals surface area (Å²) in [6.07, 6.45) is 6.44. The first-order valence-electron chi connectivity index (χ1n) is 11.2. The predicted octanol–water partition coefficient (Wildman–Crippen LogP) is 3.15. The molecule has 1 aliphatic rings. The van der Waals surface area contributed by atoms with Crippen molar-refractivity contribution in [2.24, 2.45) is 0 Å². The van der Waals surface area contributed by atoms with Gasteiger partial charge in [0.05, 0.1) is 16.9 Å². The van der Waals surface area contributed by atoms with Crippen LogP contribution in [-0.2, 0) is 4.79 Å². The Morgan fingerprint density at radius 3 is 2.53 bits per heavy atom. The Kier molecular flexibility index (Phi) is 10.5. The van der Waals surface area contributed by atoms with Gasteiger partial charge >= 0.3 is 0 Å². The number of carbonyl (C=O) groups excluding carboxylic acids is 2. The molecule has 9 nitrogen and oxygen atoms in total. The van der Waals surface area contributed by atoms with E-state index in [1.54, 1.807) is 23.7 Å². The highest BCUT2D eigenvalue weighted by Crippen LogP contribution is 2.47. The van der Waals surface area contributed by atoms with E-state index in [-0.39, 0.29) is 22.8 Å². The van der Waals surface area contributed by atoms with Crippen molar-refractivity contribution in [3.63, 3.8) is 0 Å². The van der Waals surface area contributed by atoms with Crippen LogP contribution in [-0.4, -0.2) is 58.9 Å². The van der Waals surface area contributed by atoms with Crippen LogP contribution >= 0.6 is 27.9 Å². The number of hydrogen-bond donors (Lipinski definition) is 2. The van der Waals surface area contributed by atoms with Crippen molar-refractivity contribution in [2.75, 3.05) is 30.7 Å². The van der Waals surface area contributed by atoms with Crippen molar-refractivity contribution >= 4 is 56.3 Å². The topological polar surface area (TPSA) is 142 Å². The molecule has 6 N–H and O–H groups in total. The Morgan fingerprint density at radius 2 is 1.94 bits per heavy atom. The lowest BCUT2D eigenvalue weighted by Gasteiger charge is -2.24. The van der Waals surface area contributed by atoms with Gasteiger partial charge in [0.15, 0.2) is 0 Å². The molecule has 1 aromatic heterocycles. The Labute approximate surface area is 223 Å². The molecule has 0 atom stereocenters. The van der Waals surface area contributed by atoms with E-state index in [9.17, 15) is 9.59 Å². The molecule has 11 heteroatoms. The summed E-state index contributed by atoms with van der Waals surface area (Å²) in [6.45, 7) is 4.86. The van der Waals surface area contributed by atoms with Crippen molar-refractivity contribution in [3.8, 4) is 5.69 Å². The zero-order chi connectivity index (χ0) is 24.2. The third kappa shape index (κ3) is 6.28. The van der Waals surface area contributed by atoms with Crippen molar-refractivity contribution in [2.45, 2.75) is 25.2 Å². The molecule has 1 fully saturated rings. The molecular formula is C25H32BrN5O4S. The van der Waals surface area contributed by atoms with Gasteiger partial charge in [-0.05, 0) is 73.2 Å². The molecule has 0 bridgehead atoms. The van der Waals surface area contributed by atoms with Crippen molar-refractivity contribution < 1.29 is 20.5 Å². The van der Waals surface area contributed by atoms with Crippen LogP contribution in [0.25, 0.3) is 16.6 Å². The Bertz CT molecular complexity index is 1230. The van der Waals surface area contributed by atoms with Gasteiger partial charge in [-0.2, -0.15) is 5.10 Å². The van der Waals surface area contributed by atoms with Gasteiger partial charge in [0.25, 0.3) is 5.91 Å². The summed E-state index contributed by atoms with van der Waals surface area (Å²) >= 11 is 5.13. The maximum Gasteiger partial charge on any atom is 0.270 e. The maximum atomic E-state index is 12.9. The van der Waals surface area contributed by atoms with Crippen molar-refractivity contribution in [1.29, 1.82) is 0 Å². The normalized spacial score (nSPS) is 12.3. The predicted molar refractivity (Wildman–Crippen MR) is 150 cm³/mol. The number of anilines is 1. The van der Waals surface area contributed by atoms with E-state index < -0.39 is 0 Å². The molecule has 3 aromatic rings. The molecule has 1 aliphatic carbocycles. The molecule has 36 heavy (non-hydrogen) atoms. The average molecular weight is 579 g/mol. The average Bonchev–Trinajstić information content (AvgIpc) is 3.63. The number of halogens is 1. The molecule has 1 saturated carbocycles. The monoisotopic (exact) mass is 577 g/mol. The zero-order valence-electron chi connectivity index (χ0n) is 20.3. The quantitative estimate of drug-likeness (QED) is 0.216. The van der Waals surface area contributed by atoms with E-state index >= 15 is 0 Å². The molecule has 4 rings (SSSR count). The number of benzene rings is 2. The van der Waals surface area contributed by atoms with Crippen molar-refractivity contribution in [3.05, 3.63) is 64.8 Å². The number of nitrogens with zero attached hydrogens (tertiary/aromatic N) is 3. The molecule has 1 heterocycles. The van der Waals surface area contributed by atoms with Crippen LogP contribution in [0.15, 0.2) is 53.5 Å². The number of nitrogens with one attached hydrogen (secondary N) is 2. The Balaban J connectivity index is 0.00000228. The fraction of sp³-hybridized carbons (Fsp3) is 0.320. The van der Waals surface area contributed by atoms with Gasteiger partial charge < -0.3 is 25.9 Å². The minimum absolute atomic E-state index is 0. The van der Waals surface area contributed by atoms with Gasteiger partial charge in [-0.15, -0.1) is 0 Å². The van der Waals surface area contributed by atoms with Crippen LogP contribution in [0.1, 0.15) is 41.2 Å². The molecule has 0 saturated heterocycles. The largest absolute Gasteiger partial charge is 0.412 e. The lowest BCUT2D eigenvalue weighted by molar-refractivity contribution is -0.116. The molecular weight excluding hydrogens is 546 g/mol. The van der Waals surface area contributed by atoms with Crippen LogP contribution in [0.5, 0.6) is 0 Å². The Hall–Kier alpha value is -2.86. The molecule has 0 aliphatic heterocycles. The van der Waals surface area contributed by atoms with E-state index in [2.05, 4.69) is 55.8 Å². The second kappa shape index (κ2) is 12.9. The maximum absolute atomic E-state index is 12.9. The standard InChI is InChI=1S/C25H28BrN5O2S.2H2O/c1-4-23(32)28-12-5-13-30(34-3)22-15-21-20(14-19(22)16-6-7-16)24(25(33)27-2)31(29-21)18-10-8-17(26)9-11-18;;/h4,8-11,14-16H,1,5-7,12-13H2,2-3H3,(H,27,33)(H,28,32);2*1H2. The molecule has 0 spiro atoms. The molecule has 194 valence electrons. The Morgan fingerprint density at radius 1 is 1.25 bits per heavy atom. The fourth-order valence-electron chi connectivity index (χ4n) is 4.00. The number of fused-ring (bicyclic) bond motifs is 1. The minimum Gasteiger partial charge on any atom is -0.412 e. The fourth-order valence-corrected chi connectivity index (χ4v) is 4.93. The number of rotatable bonds is 10. The highest BCUT2D eigenvalue weighted by molar-refractivity contribution is 9.10. The highest BCUT2D eigenvalue weighted by atomic mass is 79.9. The van der Waals surface area contributed by atoms with Gasteiger partial charge in [0.1, 0.15) is 5.69 Å². The number of amides is 2. The van der Waals surface area contributed by atoms with E-state index in [0.29, 0.717) is 18.2 Å². The van der Waals surface area contributed by atoms with Gasteiger partial charge in [0, 0.05) is 36.3 Å². The summed E-state index contributed by atoms with van der Waals surface area (Å²) in [7, 11) is 1.64. The van der Waals surface area contributed by atoms with E-state index in [0.717, 1.165) is 52.6 Å². The van der Waals surface area contributed by atoms with Crippen LogP contribution in [0.4, 0.5) is 5.69 Å². The van der Waals surface area contributed by atoms with Gasteiger partial charge in [-0.25, -0.2) is 4.68 Å². The van der Waals surface area contributed by atoms with Gasteiger partial charge in [-0.3, -0.25) is 9.59 Å². The summed E-state index contributed by atoms with van der Waals surface area (Å²) in [4.78, 5) is 24.4. The SMILES string of the molecule is C=CC(=O)NCCCN(SC)c1cc2nn(-c3ccc(Br)cc3)c(C(=O)NC)c2cc1C1CC1.O.O. The van der Waals surface area contributed by atoms with Crippen LogP contribution in [0, 0.1) is 0 Å². The molecule has 2 amide bonds. The first kappa shape index (κ1) is 29.4. The smallest absolute Gasteiger partial charge is 0.270 e. The van der Waals surface area contributed by atoms with Gasteiger partial charge in [-0.1, -0.05) is 34.5 Å². The third-order valence-corrected chi connectivity index (χ3v) is 7.21. The van der Waals surface area contributed by atoms with Crippen LogP contribution in [0.3, 0.4) is 0 Å². The number of hydrogen-bond acceptors (Lipinski definition) is 5. The van der Waals surface area contributed by atoms with Gasteiger partial charge in [0.2, 0.25) is 5.91 Å². The highest BCUT2D eigenvalue weighted by Gasteiger charge is 2.30. The summed E-state index contributed by atoms with van der Waals surface area (Å²) in [5.74, 6) is 0.165. The summed E-state index contributed by atoms with van der Waals surface area (Å²) in [6, 6.07) is 12.0. The number of aromatic nitrogens is 2. The second-order valence-electron chi connectivity index (χ2n) is 8.15. The molecule has 0 radical (unpaired) electrons. The molecule has 0 unspecified atom stereocenters. The van der Waals surface area contributed by atoms with E-state index in [4.69, 9.17) is 5.10 Å². The van der Waals surface area contributed by atoms with E-state index in [1.165, 1.54) is 11.6 Å². The summed E-state index contributed by atoms with van der Waals surface area (Å²) in [5.41, 5.74) is 4.52.